The van der Waals surface area contributed by atoms with Gasteiger partial charge >= 0.3 is 0 Å². The zero-order valence-corrected chi connectivity index (χ0v) is 27.3. The first-order chi connectivity index (χ1) is 24.8. The van der Waals surface area contributed by atoms with Crippen molar-refractivity contribution in [3.05, 3.63) is 188 Å². The standard InChI is InChI=1S/C48H31NO/c1-3-14-32(15-4-1)34-19-13-20-36(28-34)49(46-29-35-18-7-8-21-38(35)39-22-9-11-24-41(39)46)37-26-27-47-44(30-37)45-31-43(33-16-5-2-6-17-33)40-23-10-12-25-42(40)48(45)50-47/h1-31H. The normalized spacial score (nSPS) is 11.6. The van der Waals surface area contributed by atoms with Crippen LogP contribution in [-0.4, -0.2) is 0 Å². The number of rotatable bonds is 5. The summed E-state index contributed by atoms with van der Waals surface area (Å²) in [7, 11) is 0. The molecule has 1 aromatic heterocycles. The quantitative estimate of drug-likeness (QED) is 0.175. The third kappa shape index (κ3) is 4.57. The fourth-order valence-electron chi connectivity index (χ4n) is 7.68. The number of benzene rings is 9. The Morgan fingerprint density at radius 2 is 0.960 bits per heavy atom. The molecule has 0 fully saturated rings. The molecular formula is C48H31NO. The summed E-state index contributed by atoms with van der Waals surface area (Å²) in [6.07, 6.45) is 0. The Labute approximate surface area is 290 Å². The van der Waals surface area contributed by atoms with Gasteiger partial charge in [0.25, 0.3) is 0 Å². The minimum absolute atomic E-state index is 0.875. The van der Waals surface area contributed by atoms with Gasteiger partial charge in [-0.15, -0.1) is 0 Å². The molecule has 0 bridgehead atoms. The molecule has 0 atom stereocenters. The van der Waals surface area contributed by atoms with E-state index in [0.717, 1.165) is 44.4 Å². The summed E-state index contributed by atoms with van der Waals surface area (Å²) in [6, 6.07) is 67.5. The highest BCUT2D eigenvalue weighted by molar-refractivity contribution is 6.20. The molecule has 234 valence electrons. The van der Waals surface area contributed by atoms with Crippen LogP contribution >= 0.6 is 0 Å². The van der Waals surface area contributed by atoms with Gasteiger partial charge in [0.1, 0.15) is 11.2 Å². The summed E-state index contributed by atoms with van der Waals surface area (Å²) in [6.45, 7) is 0. The van der Waals surface area contributed by atoms with E-state index in [1.54, 1.807) is 0 Å². The molecule has 0 spiro atoms. The van der Waals surface area contributed by atoms with E-state index in [9.17, 15) is 0 Å². The Morgan fingerprint density at radius 1 is 0.340 bits per heavy atom. The first kappa shape index (κ1) is 28.4. The second-order valence-electron chi connectivity index (χ2n) is 12.9. The number of hydrogen-bond acceptors (Lipinski definition) is 2. The predicted molar refractivity (Wildman–Crippen MR) is 212 cm³/mol. The van der Waals surface area contributed by atoms with Crippen LogP contribution in [-0.2, 0) is 0 Å². The van der Waals surface area contributed by atoms with Crippen LogP contribution in [0, 0.1) is 0 Å². The Bertz CT molecular complexity index is 2870. The average Bonchev–Trinajstić information content (AvgIpc) is 3.57. The van der Waals surface area contributed by atoms with Crippen LogP contribution < -0.4 is 4.90 Å². The molecule has 0 saturated heterocycles. The minimum atomic E-state index is 0.875. The third-order valence-electron chi connectivity index (χ3n) is 10.0. The van der Waals surface area contributed by atoms with Crippen molar-refractivity contribution in [1.82, 2.24) is 0 Å². The van der Waals surface area contributed by atoms with Gasteiger partial charge in [0.2, 0.25) is 0 Å². The summed E-state index contributed by atoms with van der Waals surface area (Å²) in [4.78, 5) is 2.42. The Hall–Kier alpha value is -6.64. The lowest BCUT2D eigenvalue weighted by Gasteiger charge is -2.28. The van der Waals surface area contributed by atoms with Crippen molar-refractivity contribution in [2.24, 2.45) is 0 Å². The van der Waals surface area contributed by atoms with Crippen LogP contribution in [0.25, 0.3) is 76.5 Å². The van der Waals surface area contributed by atoms with Gasteiger partial charge in [-0.1, -0.05) is 146 Å². The molecule has 9 aromatic carbocycles. The molecule has 0 radical (unpaired) electrons. The van der Waals surface area contributed by atoms with Crippen molar-refractivity contribution in [2.45, 2.75) is 0 Å². The highest BCUT2D eigenvalue weighted by Crippen LogP contribution is 2.46. The Balaban J connectivity index is 1.27. The molecule has 0 aliphatic rings. The van der Waals surface area contributed by atoms with Gasteiger partial charge < -0.3 is 9.32 Å². The maximum atomic E-state index is 6.69. The number of furan rings is 1. The third-order valence-corrected chi connectivity index (χ3v) is 10.0. The van der Waals surface area contributed by atoms with Crippen molar-refractivity contribution < 1.29 is 4.42 Å². The lowest BCUT2D eigenvalue weighted by atomic mass is 9.95. The smallest absolute Gasteiger partial charge is 0.143 e. The molecular weight excluding hydrogens is 607 g/mol. The first-order valence-electron chi connectivity index (χ1n) is 17.1. The van der Waals surface area contributed by atoms with Crippen LogP contribution in [0.3, 0.4) is 0 Å². The fourth-order valence-corrected chi connectivity index (χ4v) is 7.68. The zero-order chi connectivity index (χ0) is 33.0. The van der Waals surface area contributed by atoms with E-state index in [2.05, 4.69) is 193 Å². The van der Waals surface area contributed by atoms with E-state index in [4.69, 9.17) is 4.42 Å². The van der Waals surface area contributed by atoms with Gasteiger partial charge in [-0.2, -0.15) is 0 Å². The first-order valence-corrected chi connectivity index (χ1v) is 17.1. The van der Waals surface area contributed by atoms with Crippen molar-refractivity contribution in [3.8, 4) is 22.3 Å². The molecule has 0 aliphatic heterocycles. The van der Waals surface area contributed by atoms with Crippen LogP contribution in [0.1, 0.15) is 0 Å². The van der Waals surface area contributed by atoms with Crippen LogP contribution in [0.5, 0.6) is 0 Å². The van der Waals surface area contributed by atoms with Gasteiger partial charge in [-0.25, -0.2) is 0 Å². The molecule has 0 saturated carbocycles. The summed E-state index contributed by atoms with van der Waals surface area (Å²) >= 11 is 0. The maximum Gasteiger partial charge on any atom is 0.143 e. The highest BCUT2D eigenvalue weighted by atomic mass is 16.3. The van der Waals surface area contributed by atoms with Crippen LogP contribution in [0.4, 0.5) is 17.1 Å². The Morgan fingerprint density at radius 3 is 1.76 bits per heavy atom. The van der Waals surface area contributed by atoms with Crippen molar-refractivity contribution >= 4 is 71.3 Å². The van der Waals surface area contributed by atoms with Gasteiger partial charge in [-0.3, -0.25) is 0 Å². The summed E-state index contributed by atoms with van der Waals surface area (Å²) in [5.41, 5.74) is 9.84. The predicted octanol–water partition coefficient (Wildman–Crippen LogP) is 13.8. The average molecular weight is 638 g/mol. The molecule has 0 aliphatic carbocycles. The Kier molecular flexibility index (Phi) is 6.53. The second-order valence-corrected chi connectivity index (χ2v) is 12.9. The lowest BCUT2D eigenvalue weighted by molar-refractivity contribution is 0.672. The van der Waals surface area contributed by atoms with Gasteiger partial charge in [0.05, 0.1) is 5.69 Å². The van der Waals surface area contributed by atoms with E-state index in [1.165, 1.54) is 49.2 Å². The SMILES string of the molecule is c1ccc(-c2cccc(N(c3ccc4oc5c6ccccc6c(-c6ccccc6)cc5c4c3)c3cc4ccccc4c4ccccc34)c2)cc1. The van der Waals surface area contributed by atoms with Gasteiger partial charge in [-0.05, 0) is 86.3 Å². The van der Waals surface area contributed by atoms with Crippen LogP contribution in [0.2, 0.25) is 0 Å². The number of fused-ring (bicyclic) bond motifs is 8. The molecule has 2 heteroatoms. The molecule has 0 unspecified atom stereocenters. The molecule has 0 amide bonds. The van der Waals surface area contributed by atoms with E-state index in [-0.39, 0.29) is 0 Å². The zero-order valence-electron chi connectivity index (χ0n) is 27.3. The summed E-state index contributed by atoms with van der Waals surface area (Å²) in [5, 5.41) is 9.41. The second kappa shape index (κ2) is 11.5. The number of nitrogens with zero attached hydrogens (tertiary/aromatic N) is 1. The number of anilines is 3. The van der Waals surface area contributed by atoms with E-state index >= 15 is 0 Å². The largest absolute Gasteiger partial charge is 0.455 e. The molecule has 1 heterocycles. The van der Waals surface area contributed by atoms with Gasteiger partial charge in [0, 0.05) is 32.9 Å². The summed E-state index contributed by atoms with van der Waals surface area (Å²) < 4.78 is 6.69. The summed E-state index contributed by atoms with van der Waals surface area (Å²) in [5.74, 6) is 0. The highest BCUT2D eigenvalue weighted by Gasteiger charge is 2.21. The maximum absolute atomic E-state index is 6.69. The van der Waals surface area contributed by atoms with Crippen LogP contribution in [0.15, 0.2) is 192 Å². The van der Waals surface area contributed by atoms with Gasteiger partial charge in [0.15, 0.2) is 0 Å². The number of hydrogen-bond donors (Lipinski definition) is 0. The fraction of sp³-hybridized carbons (Fsp3) is 0. The molecule has 10 rings (SSSR count). The van der Waals surface area contributed by atoms with E-state index in [1.807, 2.05) is 0 Å². The molecule has 0 N–H and O–H groups in total. The van der Waals surface area contributed by atoms with E-state index < -0.39 is 0 Å². The van der Waals surface area contributed by atoms with Crippen molar-refractivity contribution in [3.63, 3.8) is 0 Å². The van der Waals surface area contributed by atoms with Crippen molar-refractivity contribution in [2.75, 3.05) is 4.90 Å². The lowest BCUT2D eigenvalue weighted by Crippen LogP contribution is -2.10. The monoisotopic (exact) mass is 637 g/mol. The molecule has 2 nitrogen and oxygen atoms in total. The van der Waals surface area contributed by atoms with E-state index in [0.29, 0.717) is 0 Å². The minimum Gasteiger partial charge on any atom is -0.455 e. The topological polar surface area (TPSA) is 16.4 Å². The molecule has 50 heavy (non-hydrogen) atoms. The van der Waals surface area contributed by atoms with Crippen molar-refractivity contribution in [1.29, 1.82) is 0 Å². The molecule has 10 aromatic rings.